The Hall–Kier alpha value is -2.64. The number of fused-ring (bicyclic) bond motifs is 2. The Balaban J connectivity index is 1.70. The van der Waals surface area contributed by atoms with Crippen molar-refractivity contribution in [1.82, 2.24) is 24.4 Å². The summed E-state index contributed by atoms with van der Waals surface area (Å²) in [5, 5.41) is 3.21. The maximum atomic E-state index is 13.1. The Morgan fingerprint density at radius 2 is 2.03 bits per heavy atom. The van der Waals surface area contributed by atoms with Gasteiger partial charge in [0.05, 0.1) is 29.5 Å². The van der Waals surface area contributed by atoms with Crippen molar-refractivity contribution in [2.75, 3.05) is 13.1 Å². The summed E-state index contributed by atoms with van der Waals surface area (Å²) in [4.78, 5) is 46.2. The Morgan fingerprint density at radius 1 is 1.21 bits per heavy atom. The number of H-pyrrole nitrogens is 1. The number of carbonyl (C=O) groups excluding carboxylic acids is 2. The lowest BCUT2D eigenvalue weighted by atomic mass is 9.98. The molecular weight excluding hydrogens is 370 g/mol. The van der Waals surface area contributed by atoms with Crippen molar-refractivity contribution in [3.63, 3.8) is 0 Å². The molecule has 0 radical (unpaired) electrons. The van der Waals surface area contributed by atoms with E-state index in [4.69, 9.17) is 4.98 Å². The molecule has 29 heavy (non-hydrogen) atoms. The van der Waals surface area contributed by atoms with Gasteiger partial charge in [0.15, 0.2) is 5.65 Å². The monoisotopic (exact) mass is 399 g/mol. The molecule has 2 aromatic heterocycles. The topological polar surface area (TPSA) is 90.8 Å². The van der Waals surface area contributed by atoms with E-state index in [1.807, 2.05) is 24.8 Å². The molecule has 0 spiro atoms. The van der Waals surface area contributed by atoms with E-state index >= 15 is 0 Å². The summed E-state index contributed by atoms with van der Waals surface area (Å²) in [6.07, 6.45) is 5.36. The Morgan fingerprint density at radius 3 is 2.79 bits per heavy atom. The third kappa shape index (κ3) is 3.56. The average Bonchev–Trinajstić information content (AvgIpc) is 3.17. The van der Waals surface area contributed by atoms with Gasteiger partial charge in [0.25, 0.3) is 5.56 Å². The molecule has 0 unspecified atom stereocenters. The number of hydrogen-bond acceptors (Lipinski definition) is 4. The Kier molecular flexibility index (Phi) is 5.43. The van der Waals surface area contributed by atoms with E-state index in [1.165, 1.54) is 4.52 Å². The van der Waals surface area contributed by atoms with Crippen LogP contribution in [0.2, 0.25) is 0 Å². The quantitative estimate of drug-likeness (QED) is 0.853. The van der Waals surface area contributed by atoms with Gasteiger partial charge >= 0.3 is 0 Å². The van der Waals surface area contributed by atoms with Gasteiger partial charge in [-0.05, 0) is 25.7 Å². The number of rotatable bonds is 4. The fourth-order valence-corrected chi connectivity index (χ4v) is 4.52. The van der Waals surface area contributed by atoms with E-state index in [0.717, 1.165) is 43.6 Å². The van der Waals surface area contributed by atoms with E-state index in [0.29, 0.717) is 43.6 Å². The molecule has 0 aromatic carbocycles. The summed E-state index contributed by atoms with van der Waals surface area (Å²) in [5.41, 5.74) is 2.68. The molecule has 1 fully saturated rings. The molecule has 0 aliphatic carbocycles. The highest BCUT2D eigenvalue weighted by molar-refractivity contribution is 5.77. The molecule has 0 bridgehead atoms. The van der Waals surface area contributed by atoms with Gasteiger partial charge in [-0.3, -0.25) is 19.5 Å². The summed E-state index contributed by atoms with van der Waals surface area (Å²) in [7, 11) is 0. The first-order valence-electron chi connectivity index (χ1n) is 10.7. The number of carbonyl (C=O) groups is 2. The summed E-state index contributed by atoms with van der Waals surface area (Å²) in [6, 6.07) is 1.87. The number of nitrogens with zero attached hydrogens (tertiary/aromatic N) is 4. The smallest absolute Gasteiger partial charge is 0.277 e. The van der Waals surface area contributed by atoms with Gasteiger partial charge < -0.3 is 9.80 Å². The number of hydrogen-bond donors (Lipinski definition) is 1. The molecule has 1 N–H and O–H groups in total. The normalized spacial score (nSPS) is 19.4. The van der Waals surface area contributed by atoms with Crippen molar-refractivity contribution in [3.05, 3.63) is 33.4 Å². The van der Waals surface area contributed by atoms with Gasteiger partial charge in [-0.1, -0.05) is 13.8 Å². The fraction of sp³-hybridized carbons (Fsp3) is 0.619. The predicted molar refractivity (Wildman–Crippen MR) is 108 cm³/mol. The zero-order chi connectivity index (χ0) is 20.5. The lowest BCUT2D eigenvalue weighted by Gasteiger charge is -2.35. The van der Waals surface area contributed by atoms with Crippen LogP contribution in [-0.2, 0) is 22.6 Å². The van der Waals surface area contributed by atoms with Crippen molar-refractivity contribution in [1.29, 1.82) is 0 Å². The van der Waals surface area contributed by atoms with Crippen LogP contribution in [0.4, 0.5) is 0 Å². The summed E-state index contributed by atoms with van der Waals surface area (Å²) >= 11 is 0. The zero-order valence-electron chi connectivity index (χ0n) is 17.2. The first-order chi connectivity index (χ1) is 14.0. The standard InChI is InChI=1S/C21H29N5O3/c1-3-7-20(28)25-10-6-5-8-17(25)16-12-18-22-15-9-11-24(19(27)4-2)13-14(15)21(29)26(18)23-16/h12,17,23H,3-11,13H2,1-2H3/t17-/m0/s1. The highest BCUT2D eigenvalue weighted by Crippen LogP contribution is 2.31. The van der Waals surface area contributed by atoms with Crippen molar-refractivity contribution < 1.29 is 9.59 Å². The van der Waals surface area contributed by atoms with Gasteiger partial charge in [0.2, 0.25) is 11.8 Å². The van der Waals surface area contributed by atoms with Crippen LogP contribution in [0.5, 0.6) is 0 Å². The number of amides is 2. The second-order valence-corrected chi connectivity index (χ2v) is 8.01. The minimum Gasteiger partial charge on any atom is -0.338 e. The molecule has 8 nitrogen and oxygen atoms in total. The minimum atomic E-state index is -0.146. The van der Waals surface area contributed by atoms with E-state index < -0.39 is 0 Å². The van der Waals surface area contributed by atoms with Crippen LogP contribution >= 0.6 is 0 Å². The average molecular weight is 399 g/mol. The third-order valence-corrected chi connectivity index (χ3v) is 6.08. The Labute approximate surface area is 169 Å². The predicted octanol–water partition coefficient (Wildman–Crippen LogP) is 2.17. The van der Waals surface area contributed by atoms with Crippen molar-refractivity contribution >= 4 is 17.5 Å². The van der Waals surface area contributed by atoms with Crippen molar-refractivity contribution in [2.45, 2.75) is 71.4 Å². The van der Waals surface area contributed by atoms with Gasteiger partial charge in [0.1, 0.15) is 0 Å². The molecular formula is C21H29N5O3. The van der Waals surface area contributed by atoms with Gasteiger partial charge in [-0.15, -0.1) is 0 Å². The van der Waals surface area contributed by atoms with Crippen molar-refractivity contribution in [2.24, 2.45) is 0 Å². The molecule has 0 saturated carbocycles. The molecule has 2 aromatic rings. The molecule has 8 heteroatoms. The van der Waals surface area contributed by atoms with Gasteiger partial charge in [-0.2, -0.15) is 0 Å². The number of aromatic amines is 1. The summed E-state index contributed by atoms with van der Waals surface area (Å²) in [6.45, 7) is 5.52. The lowest BCUT2D eigenvalue weighted by Crippen LogP contribution is -2.40. The number of piperidine rings is 1. The van der Waals surface area contributed by atoms with Gasteiger partial charge in [-0.25, -0.2) is 9.50 Å². The maximum absolute atomic E-state index is 13.1. The molecule has 4 heterocycles. The lowest BCUT2D eigenvalue weighted by molar-refractivity contribution is -0.135. The van der Waals surface area contributed by atoms with E-state index in [2.05, 4.69) is 5.10 Å². The second-order valence-electron chi connectivity index (χ2n) is 8.01. The highest BCUT2D eigenvalue weighted by atomic mass is 16.2. The second kappa shape index (κ2) is 8.00. The fourth-order valence-electron chi connectivity index (χ4n) is 4.52. The minimum absolute atomic E-state index is 0.0425. The van der Waals surface area contributed by atoms with Crippen LogP contribution < -0.4 is 5.56 Å². The van der Waals surface area contributed by atoms with Crippen LogP contribution in [0.1, 0.15) is 75.4 Å². The molecule has 4 rings (SSSR count). The largest absolute Gasteiger partial charge is 0.338 e. The maximum Gasteiger partial charge on any atom is 0.277 e. The number of nitrogens with one attached hydrogen (secondary N) is 1. The van der Waals surface area contributed by atoms with Crippen LogP contribution in [0, 0.1) is 0 Å². The first-order valence-corrected chi connectivity index (χ1v) is 10.7. The number of likely N-dealkylation sites (tertiary alicyclic amines) is 1. The van der Waals surface area contributed by atoms with Crippen LogP contribution in [-0.4, -0.2) is 49.3 Å². The molecule has 2 amide bonds. The SMILES string of the molecule is CCCC(=O)N1CCCC[C@H]1c1cc2nc3c(c(=O)n2[nH]1)CN(C(=O)CC)CC3. The molecule has 1 saturated heterocycles. The van der Waals surface area contributed by atoms with Crippen LogP contribution in [0.3, 0.4) is 0 Å². The van der Waals surface area contributed by atoms with E-state index in [-0.39, 0.29) is 23.4 Å². The van der Waals surface area contributed by atoms with E-state index in [1.54, 1.807) is 4.90 Å². The molecule has 2 aliphatic heterocycles. The third-order valence-electron chi connectivity index (χ3n) is 6.08. The molecule has 156 valence electrons. The van der Waals surface area contributed by atoms with Gasteiger partial charge in [0, 0.05) is 38.4 Å². The molecule has 1 atom stereocenters. The molecule has 2 aliphatic rings. The van der Waals surface area contributed by atoms with Crippen molar-refractivity contribution in [3.8, 4) is 0 Å². The zero-order valence-corrected chi connectivity index (χ0v) is 17.2. The number of aromatic nitrogens is 3. The summed E-state index contributed by atoms with van der Waals surface area (Å²) in [5.74, 6) is 0.226. The first kappa shape index (κ1) is 19.7. The van der Waals surface area contributed by atoms with Crippen LogP contribution in [0.25, 0.3) is 5.65 Å². The highest BCUT2D eigenvalue weighted by Gasteiger charge is 2.30. The van der Waals surface area contributed by atoms with E-state index in [9.17, 15) is 14.4 Å². The Bertz CT molecular complexity index is 992. The van der Waals surface area contributed by atoms with Crippen LogP contribution in [0.15, 0.2) is 10.9 Å². The summed E-state index contributed by atoms with van der Waals surface area (Å²) < 4.78 is 1.48.